The predicted molar refractivity (Wildman–Crippen MR) is 64.6 cm³/mol. The fraction of sp³-hybridized carbons (Fsp3) is 0.462. The molecule has 3 nitrogen and oxygen atoms in total. The molecule has 112 valence electrons. The Morgan fingerprint density at radius 2 is 1.95 bits per heavy atom. The topological polar surface area (TPSA) is 49.3 Å². The van der Waals surface area contributed by atoms with Crippen LogP contribution in [0, 0.1) is 11.7 Å². The summed E-state index contributed by atoms with van der Waals surface area (Å²) in [5.74, 6) is -2.22. The van der Waals surface area contributed by atoms with Crippen LogP contribution in [0.2, 0.25) is 0 Å². The third kappa shape index (κ3) is 4.19. The van der Waals surface area contributed by atoms with Crippen LogP contribution in [0.3, 0.4) is 0 Å². The molecule has 0 spiro atoms. The number of aliphatic hydroxyl groups is 1. The van der Waals surface area contributed by atoms with Crippen LogP contribution in [0.5, 0.6) is 0 Å². The van der Waals surface area contributed by atoms with E-state index in [-0.39, 0.29) is 18.5 Å². The highest BCUT2D eigenvalue weighted by Crippen LogP contribution is 2.32. The van der Waals surface area contributed by atoms with Gasteiger partial charge >= 0.3 is 6.18 Å². The lowest BCUT2D eigenvalue weighted by Crippen LogP contribution is -2.35. The van der Waals surface area contributed by atoms with Gasteiger partial charge < -0.3 is 10.4 Å². The fourth-order valence-electron chi connectivity index (χ4n) is 1.48. The zero-order valence-electron chi connectivity index (χ0n) is 11.0. The van der Waals surface area contributed by atoms with Crippen LogP contribution >= 0.6 is 0 Å². The molecule has 0 aromatic heterocycles. The van der Waals surface area contributed by atoms with Crippen molar-refractivity contribution in [2.45, 2.75) is 26.1 Å². The van der Waals surface area contributed by atoms with Crippen molar-refractivity contribution in [3.63, 3.8) is 0 Å². The molecule has 1 unspecified atom stereocenters. The first kappa shape index (κ1) is 16.4. The molecule has 0 aliphatic heterocycles. The fourth-order valence-corrected chi connectivity index (χ4v) is 1.48. The molecule has 0 aliphatic rings. The number of hydrogen-bond acceptors (Lipinski definition) is 2. The maximum absolute atomic E-state index is 12.9. The summed E-state index contributed by atoms with van der Waals surface area (Å²) in [5.41, 5.74) is -2.01. The molecule has 0 saturated heterocycles. The van der Waals surface area contributed by atoms with Gasteiger partial charge in [-0.15, -0.1) is 0 Å². The minimum absolute atomic E-state index is 0.148. The van der Waals surface area contributed by atoms with E-state index in [1.165, 1.54) is 0 Å². The van der Waals surface area contributed by atoms with E-state index in [2.05, 4.69) is 5.32 Å². The number of benzene rings is 1. The molecule has 0 saturated carbocycles. The van der Waals surface area contributed by atoms with Crippen molar-refractivity contribution in [3.05, 3.63) is 35.1 Å². The summed E-state index contributed by atoms with van der Waals surface area (Å²) in [4.78, 5) is 11.7. The highest BCUT2D eigenvalue weighted by atomic mass is 19.4. The second-order valence-electron chi connectivity index (χ2n) is 4.71. The Morgan fingerprint density at radius 1 is 1.35 bits per heavy atom. The summed E-state index contributed by atoms with van der Waals surface area (Å²) in [5, 5.41) is 11.7. The average Bonchev–Trinajstić information content (AvgIpc) is 2.34. The number of nitrogens with one attached hydrogen (secondary N) is 1. The number of amides is 1. The number of rotatable bonds is 4. The SMILES string of the molecule is CC(C)C(O)CNC(=O)c1ccc(F)cc1C(F)(F)F. The molecule has 1 amide bonds. The van der Waals surface area contributed by atoms with Gasteiger partial charge in [0.1, 0.15) is 5.82 Å². The molecule has 0 fully saturated rings. The number of halogens is 4. The lowest BCUT2D eigenvalue weighted by atomic mass is 10.0. The van der Waals surface area contributed by atoms with E-state index >= 15 is 0 Å². The molecular weight excluding hydrogens is 278 g/mol. The summed E-state index contributed by atoms with van der Waals surface area (Å²) in [7, 11) is 0. The minimum atomic E-state index is -4.83. The van der Waals surface area contributed by atoms with Crippen molar-refractivity contribution in [2.24, 2.45) is 5.92 Å². The van der Waals surface area contributed by atoms with E-state index in [4.69, 9.17) is 0 Å². The van der Waals surface area contributed by atoms with Gasteiger partial charge in [0.15, 0.2) is 0 Å². The highest BCUT2D eigenvalue weighted by Gasteiger charge is 2.35. The van der Waals surface area contributed by atoms with Crippen molar-refractivity contribution < 1.29 is 27.5 Å². The molecule has 0 aliphatic carbocycles. The molecule has 1 aromatic rings. The van der Waals surface area contributed by atoms with Gasteiger partial charge in [0.05, 0.1) is 17.2 Å². The van der Waals surface area contributed by atoms with Crippen LogP contribution in [-0.4, -0.2) is 23.7 Å². The third-order valence-electron chi connectivity index (χ3n) is 2.77. The zero-order chi connectivity index (χ0) is 15.5. The summed E-state index contributed by atoms with van der Waals surface area (Å²) in [6, 6.07) is 1.83. The van der Waals surface area contributed by atoms with Crippen molar-refractivity contribution >= 4 is 5.91 Å². The Kier molecular flexibility index (Phi) is 5.10. The standard InChI is InChI=1S/C13H15F4NO2/c1-7(2)11(19)6-18-12(20)9-4-3-8(14)5-10(9)13(15,16)17/h3-5,7,11,19H,6H2,1-2H3,(H,18,20). The van der Waals surface area contributed by atoms with Gasteiger partial charge in [-0.2, -0.15) is 13.2 Å². The quantitative estimate of drug-likeness (QED) is 0.838. The largest absolute Gasteiger partial charge is 0.417 e. The monoisotopic (exact) mass is 293 g/mol. The van der Waals surface area contributed by atoms with Crippen LogP contribution in [0.1, 0.15) is 29.8 Å². The Balaban J connectivity index is 2.93. The first-order valence-corrected chi connectivity index (χ1v) is 5.96. The van der Waals surface area contributed by atoms with Crippen molar-refractivity contribution in [3.8, 4) is 0 Å². The molecule has 0 heterocycles. The van der Waals surface area contributed by atoms with E-state index in [1.54, 1.807) is 13.8 Å². The first-order chi connectivity index (χ1) is 9.12. The number of hydrogen-bond donors (Lipinski definition) is 2. The van der Waals surface area contributed by atoms with Crippen molar-refractivity contribution in [2.75, 3.05) is 6.54 Å². The van der Waals surface area contributed by atoms with E-state index in [1.807, 2.05) is 0 Å². The lowest BCUT2D eigenvalue weighted by molar-refractivity contribution is -0.138. The van der Waals surface area contributed by atoms with E-state index in [9.17, 15) is 27.5 Å². The maximum Gasteiger partial charge on any atom is 0.417 e. The third-order valence-corrected chi connectivity index (χ3v) is 2.77. The van der Waals surface area contributed by atoms with Crippen LogP contribution in [0.4, 0.5) is 17.6 Å². The number of aliphatic hydroxyl groups excluding tert-OH is 1. The molecule has 0 bridgehead atoms. The van der Waals surface area contributed by atoms with Gasteiger partial charge in [-0.1, -0.05) is 13.8 Å². The summed E-state index contributed by atoms with van der Waals surface area (Å²) >= 11 is 0. The smallest absolute Gasteiger partial charge is 0.391 e. The number of carbonyl (C=O) groups is 1. The van der Waals surface area contributed by atoms with E-state index < -0.39 is 35.1 Å². The van der Waals surface area contributed by atoms with Gasteiger partial charge in [0.25, 0.3) is 5.91 Å². The molecule has 1 rings (SSSR count). The Labute approximate surface area is 113 Å². The second kappa shape index (κ2) is 6.21. The van der Waals surface area contributed by atoms with E-state index in [0.29, 0.717) is 0 Å². The average molecular weight is 293 g/mol. The summed E-state index contributed by atoms with van der Waals surface area (Å²) in [6.45, 7) is 3.23. The number of alkyl halides is 3. The lowest BCUT2D eigenvalue weighted by Gasteiger charge is -2.17. The second-order valence-corrected chi connectivity index (χ2v) is 4.71. The Bertz CT molecular complexity index is 486. The predicted octanol–water partition coefficient (Wildman–Crippen LogP) is 2.59. The van der Waals surface area contributed by atoms with Gasteiger partial charge in [0, 0.05) is 6.54 Å². The molecule has 1 atom stereocenters. The van der Waals surface area contributed by atoms with E-state index in [0.717, 1.165) is 12.1 Å². The van der Waals surface area contributed by atoms with Gasteiger partial charge in [0.2, 0.25) is 0 Å². The minimum Gasteiger partial charge on any atom is -0.391 e. The highest BCUT2D eigenvalue weighted by molar-refractivity contribution is 5.95. The summed E-state index contributed by atoms with van der Waals surface area (Å²) in [6.07, 6.45) is -5.69. The van der Waals surface area contributed by atoms with Crippen molar-refractivity contribution in [1.29, 1.82) is 0 Å². The number of carbonyl (C=O) groups excluding carboxylic acids is 1. The summed E-state index contributed by atoms with van der Waals surface area (Å²) < 4.78 is 51.0. The van der Waals surface area contributed by atoms with Crippen LogP contribution < -0.4 is 5.32 Å². The van der Waals surface area contributed by atoms with Gasteiger partial charge in [-0.05, 0) is 24.1 Å². The van der Waals surface area contributed by atoms with Gasteiger partial charge in [-0.3, -0.25) is 4.79 Å². The van der Waals surface area contributed by atoms with Crippen LogP contribution in [-0.2, 0) is 6.18 Å². The molecule has 2 N–H and O–H groups in total. The Morgan fingerprint density at radius 3 is 2.45 bits per heavy atom. The normalized spacial score (nSPS) is 13.4. The zero-order valence-corrected chi connectivity index (χ0v) is 11.0. The van der Waals surface area contributed by atoms with Gasteiger partial charge in [-0.25, -0.2) is 4.39 Å². The first-order valence-electron chi connectivity index (χ1n) is 5.96. The van der Waals surface area contributed by atoms with Crippen LogP contribution in [0.15, 0.2) is 18.2 Å². The Hall–Kier alpha value is -1.63. The molecule has 0 radical (unpaired) electrons. The van der Waals surface area contributed by atoms with Crippen LogP contribution in [0.25, 0.3) is 0 Å². The molecule has 1 aromatic carbocycles. The molecule has 7 heteroatoms. The molecular formula is C13H15F4NO2. The van der Waals surface area contributed by atoms with Crippen molar-refractivity contribution in [1.82, 2.24) is 5.32 Å². The molecule has 20 heavy (non-hydrogen) atoms. The maximum atomic E-state index is 12.9.